The molecular formula is C35H49N3O7. The summed E-state index contributed by atoms with van der Waals surface area (Å²) in [7, 11) is 3.19. The Morgan fingerprint density at radius 2 is 1.69 bits per heavy atom. The van der Waals surface area contributed by atoms with Gasteiger partial charge in [-0.3, -0.25) is 9.59 Å². The van der Waals surface area contributed by atoms with Gasteiger partial charge in [-0.25, -0.2) is 4.79 Å². The minimum absolute atomic E-state index is 0.134. The van der Waals surface area contributed by atoms with Crippen molar-refractivity contribution in [2.24, 2.45) is 0 Å². The molecule has 1 saturated carbocycles. The molecule has 0 bridgehead atoms. The van der Waals surface area contributed by atoms with Gasteiger partial charge in [-0.05, 0) is 76.1 Å². The molecule has 0 unspecified atom stereocenters. The first-order valence-corrected chi connectivity index (χ1v) is 16.2. The second kappa shape index (κ2) is 16.5. The van der Waals surface area contributed by atoms with E-state index >= 15 is 0 Å². The summed E-state index contributed by atoms with van der Waals surface area (Å²) in [4.78, 5) is 44.8. The summed E-state index contributed by atoms with van der Waals surface area (Å²) in [5.74, 6) is 0.983. The molecule has 0 radical (unpaired) electrons. The zero-order chi connectivity index (χ0) is 32.3. The van der Waals surface area contributed by atoms with Gasteiger partial charge in [0.1, 0.15) is 0 Å². The van der Waals surface area contributed by atoms with E-state index in [-0.39, 0.29) is 42.5 Å². The van der Waals surface area contributed by atoms with Crippen molar-refractivity contribution < 1.29 is 33.7 Å². The molecule has 2 atom stereocenters. The number of benzene rings is 2. The lowest BCUT2D eigenvalue weighted by atomic mass is 9.93. The van der Waals surface area contributed by atoms with Gasteiger partial charge in [0.25, 0.3) is 5.91 Å². The molecule has 2 aromatic carbocycles. The van der Waals surface area contributed by atoms with Gasteiger partial charge in [0, 0.05) is 63.3 Å². The Labute approximate surface area is 267 Å². The first-order valence-electron chi connectivity index (χ1n) is 16.2. The molecule has 2 aliphatic rings. The van der Waals surface area contributed by atoms with Crippen LogP contribution in [0.2, 0.25) is 0 Å². The molecule has 10 nitrogen and oxygen atoms in total. The minimum Gasteiger partial charge on any atom is -0.493 e. The number of aryl methyl sites for hydroxylation is 1. The Morgan fingerprint density at radius 1 is 0.956 bits per heavy atom. The number of nitrogens with zero attached hydrogens (tertiary/aromatic N) is 3. The van der Waals surface area contributed by atoms with E-state index in [1.54, 1.807) is 37.3 Å². The third-order valence-electron chi connectivity index (χ3n) is 8.75. The van der Waals surface area contributed by atoms with Crippen molar-refractivity contribution in [1.82, 2.24) is 14.7 Å². The average molecular weight is 624 g/mol. The van der Waals surface area contributed by atoms with Crippen LogP contribution in [0.25, 0.3) is 0 Å². The van der Waals surface area contributed by atoms with Crippen molar-refractivity contribution in [2.75, 3.05) is 40.5 Å². The first-order chi connectivity index (χ1) is 21.7. The van der Waals surface area contributed by atoms with Crippen molar-refractivity contribution >= 4 is 17.9 Å². The number of carbonyl (C=O) groups excluding carboxylic acids is 2. The molecule has 2 aromatic rings. The maximum atomic E-state index is 13.9. The molecule has 4 rings (SSSR count). The quantitative estimate of drug-likeness (QED) is 0.247. The van der Waals surface area contributed by atoms with Crippen LogP contribution in [0.5, 0.6) is 11.5 Å². The lowest BCUT2D eigenvalue weighted by Gasteiger charge is -2.44. The number of hydrogen-bond acceptors (Lipinski definition) is 6. The molecule has 1 aliphatic heterocycles. The fourth-order valence-corrected chi connectivity index (χ4v) is 6.27. The van der Waals surface area contributed by atoms with Crippen LogP contribution in [-0.2, 0) is 16.0 Å². The third kappa shape index (κ3) is 9.36. The normalized spacial score (nSPS) is 18.0. The largest absolute Gasteiger partial charge is 0.493 e. The van der Waals surface area contributed by atoms with Crippen LogP contribution in [0.4, 0.5) is 4.79 Å². The van der Waals surface area contributed by atoms with Gasteiger partial charge in [0.05, 0.1) is 19.8 Å². The maximum absolute atomic E-state index is 13.9. The molecule has 1 N–H and O–H groups in total. The van der Waals surface area contributed by atoms with E-state index in [4.69, 9.17) is 14.2 Å². The Bertz CT molecular complexity index is 1270. The van der Waals surface area contributed by atoms with Crippen LogP contribution >= 0.6 is 0 Å². The van der Waals surface area contributed by atoms with Crippen LogP contribution in [0, 0.1) is 0 Å². The lowest BCUT2D eigenvalue weighted by Crippen LogP contribution is -2.57. The number of piperidine rings is 1. The monoisotopic (exact) mass is 623 g/mol. The fraction of sp³-hybridized carbons (Fsp3) is 0.571. The zero-order valence-corrected chi connectivity index (χ0v) is 27.2. The Morgan fingerprint density at radius 3 is 2.33 bits per heavy atom. The van der Waals surface area contributed by atoms with E-state index in [9.17, 15) is 19.5 Å². The van der Waals surface area contributed by atoms with E-state index in [0.29, 0.717) is 75.3 Å². The second-order valence-electron chi connectivity index (χ2n) is 12.3. The fourth-order valence-electron chi connectivity index (χ4n) is 6.27. The second-order valence-corrected chi connectivity index (χ2v) is 12.3. The lowest BCUT2D eigenvalue weighted by molar-refractivity contribution is -0.132. The molecule has 2 fully saturated rings. The average Bonchev–Trinajstić information content (AvgIpc) is 3.88. The number of carbonyl (C=O) groups is 3. The summed E-state index contributed by atoms with van der Waals surface area (Å²) in [6.45, 7) is 5.66. The van der Waals surface area contributed by atoms with E-state index in [1.165, 1.54) is 4.90 Å². The van der Waals surface area contributed by atoms with Crippen LogP contribution in [0.1, 0.15) is 74.7 Å². The van der Waals surface area contributed by atoms with E-state index in [2.05, 4.69) is 0 Å². The van der Waals surface area contributed by atoms with Gasteiger partial charge in [0.2, 0.25) is 5.91 Å². The number of ether oxygens (including phenoxy) is 3. The molecule has 3 amide bonds. The van der Waals surface area contributed by atoms with Gasteiger partial charge >= 0.3 is 6.09 Å². The SMILES string of the molecule is COCCCOc1cc(C(=O)N(C(C)C)[C@@H]2CC[C@H](CCN(C(=O)CCc3ccccc3)C3CC3)N(C(=O)O)C2)ccc1OC. The van der Waals surface area contributed by atoms with E-state index in [1.807, 2.05) is 49.1 Å². The highest BCUT2D eigenvalue weighted by Crippen LogP contribution is 2.32. The van der Waals surface area contributed by atoms with Crippen molar-refractivity contribution in [3.05, 3.63) is 59.7 Å². The maximum Gasteiger partial charge on any atom is 0.407 e. The van der Waals surface area contributed by atoms with Crippen molar-refractivity contribution in [3.63, 3.8) is 0 Å². The minimum atomic E-state index is -0.995. The number of amides is 3. The highest BCUT2D eigenvalue weighted by atomic mass is 16.5. The van der Waals surface area contributed by atoms with Crippen molar-refractivity contribution in [1.29, 1.82) is 0 Å². The molecule has 10 heteroatoms. The van der Waals surface area contributed by atoms with Crippen molar-refractivity contribution in [3.8, 4) is 11.5 Å². The molecule has 45 heavy (non-hydrogen) atoms. The van der Waals surface area contributed by atoms with Crippen molar-refractivity contribution in [2.45, 2.75) is 89.4 Å². The Balaban J connectivity index is 1.40. The summed E-state index contributed by atoms with van der Waals surface area (Å²) < 4.78 is 16.4. The van der Waals surface area contributed by atoms with Gasteiger partial charge in [-0.2, -0.15) is 0 Å². The molecular weight excluding hydrogens is 574 g/mol. The number of methoxy groups -OCH3 is 2. The molecule has 1 aliphatic carbocycles. The van der Waals surface area contributed by atoms with Crippen LogP contribution in [0.3, 0.4) is 0 Å². The highest BCUT2D eigenvalue weighted by Gasteiger charge is 2.39. The topological polar surface area (TPSA) is 109 Å². The van der Waals surface area contributed by atoms with Gasteiger partial charge in [-0.15, -0.1) is 0 Å². The van der Waals surface area contributed by atoms with Crippen LogP contribution in [-0.4, -0.2) is 102 Å². The summed E-state index contributed by atoms with van der Waals surface area (Å²) in [5, 5.41) is 10.2. The van der Waals surface area contributed by atoms with Gasteiger partial charge in [0.15, 0.2) is 11.5 Å². The number of rotatable bonds is 16. The van der Waals surface area contributed by atoms with Crippen LogP contribution in [0.15, 0.2) is 48.5 Å². The van der Waals surface area contributed by atoms with Crippen LogP contribution < -0.4 is 9.47 Å². The summed E-state index contributed by atoms with van der Waals surface area (Å²) in [6, 6.07) is 14.8. The number of hydrogen-bond donors (Lipinski definition) is 1. The third-order valence-corrected chi connectivity index (χ3v) is 8.75. The molecule has 0 spiro atoms. The summed E-state index contributed by atoms with van der Waals surface area (Å²) in [6.07, 6.45) is 4.75. The smallest absolute Gasteiger partial charge is 0.407 e. The Kier molecular flexibility index (Phi) is 12.5. The zero-order valence-electron chi connectivity index (χ0n) is 27.2. The highest BCUT2D eigenvalue weighted by molar-refractivity contribution is 5.95. The van der Waals surface area contributed by atoms with E-state index < -0.39 is 6.09 Å². The summed E-state index contributed by atoms with van der Waals surface area (Å²) in [5.41, 5.74) is 1.60. The van der Waals surface area contributed by atoms with Gasteiger partial charge < -0.3 is 34.0 Å². The first kappa shape index (κ1) is 34.1. The van der Waals surface area contributed by atoms with E-state index in [0.717, 1.165) is 18.4 Å². The molecule has 1 saturated heterocycles. The molecule has 0 aromatic heterocycles. The summed E-state index contributed by atoms with van der Waals surface area (Å²) >= 11 is 0. The predicted molar refractivity (Wildman–Crippen MR) is 172 cm³/mol. The molecule has 1 heterocycles. The standard InChI is InChI=1S/C35H49N3O7/c1-25(2)38(34(40)27-12-17-31(44-4)32(23-27)45-22-8-21-43-3)30-16-15-29(37(24-30)35(41)42)19-20-36(28-13-14-28)33(39)18-11-26-9-6-5-7-10-26/h5-7,9-10,12,17,23,25,28-30H,8,11,13-16,18-22,24H2,1-4H3,(H,41,42)/t29-,30-/m1/s1. The number of carboxylic acid groups (broad SMARTS) is 1. The molecule has 246 valence electrons. The Hall–Kier alpha value is -3.79. The predicted octanol–water partition coefficient (Wildman–Crippen LogP) is 5.49. The number of likely N-dealkylation sites (tertiary alicyclic amines) is 1. The van der Waals surface area contributed by atoms with Gasteiger partial charge in [-0.1, -0.05) is 30.3 Å².